The van der Waals surface area contributed by atoms with E-state index < -0.39 is 0 Å². The van der Waals surface area contributed by atoms with Gasteiger partial charge in [0.05, 0.1) is 0 Å². The largest absolute Gasteiger partial charge is 0.454 e. The Morgan fingerprint density at radius 2 is 2.14 bits per heavy atom. The molecule has 0 fully saturated rings. The molecule has 0 saturated carbocycles. The van der Waals surface area contributed by atoms with Crippen LogP contribution in [0.15, 0.2) is 18.2 Å². The van der Waals surface area contributed by atoms with E-state index in [0.717, 1.165) is 24.3 Å². The Morgan fingerprint density at radius 1 is 1.21 bits per heavy atom. The molecule has 0 aliphatic carbocycles. The molecule has 0 spiro atoms. The lowest BCUT2D eigenvalue weighted by atomic mass is 10.1. The predicted molar refractivity (Wildman–Crippen MR) is 55.5 cm³/mol. The van der Waals surface area contributed by atoms with E-state index in [0.29, 0.717) is 6.79 Å². The minimum atomic E-state index is 0.363. The van der Waals surface area contributed by atoms with Crippen LogP contribution in [-0.2, 0) is 6.42 Å². The summed E-state index contributed by atoms with van der Waals surface area (Å²) in [5.41, 5.74) is 1.26. The molecule has 14 heavy (non-hydrogen) atoms. The Labute approximate surface area is 84.8 Å². The van der Waals surface area contributed by atoms with Crippen LogP contribution in [0.4, 0.5) is 0 Å². The third kappa shape index (κ3) is 1.84. The van der Waals surface area contributed by atoms with Crippen molar-refractivity contribution in [3.63, 3.8) is 0 Å². The summed E-state index contributed by atoms with van der Waals surface area (Å²) in [6.45, 7) is 4.20. The highest BCUT2D eigenvalue weighted by Crippen LogP contribution is 2.35. The van der Waals surface area contributed by atoms with Crippen LogP contribution < -0.4 is 9.47 Å². The number of fused-ring (bicyclic) bond motifs is 1. The highest BCUT2D eigenvalue weighted by atomic mass is 16.7. The van der Waals surface area contributed by atoms with Gasteiger partial charge in [-0.2, -0.15) is 0 Å². The van der Waals surface area contributed by atoms with E-state index in [1.807, 2.05) is 12.1 Å². The van der Waals surface area contributed by atoms with E-state index in [2.05, 4.69) is 13.0 Å². The molecule has 2 heteroatoms. The number of unbranched alkanes of at least 4 members (excludes halogenated alkanes) is 2. The van der Waals surface area contributed by atoms with E-state index in [4.69, 9.17) is 9.47 Å². The molecule has 0 unspecified atom stereocenters. The minimum absolute atomic E-state index is 0.363. The number of hydrogen-bond acceptors (Lipinski definition) is 2. The van der Waals surface area contributed by atoms with Crippen molar-refractivity contribution in [3.05, 3.63) is 30.7 Å². The van der Waals surface area contributed by atoms with Crippen molar-refractivity contribution in [2.75, 3.05) is 6.79 Å². The maximum absolute atomic E-state index is 5.42. The minimum Gasteiger partial charge on any atom is -0.454 e. The van der Waals surface area contributed by atoms with Gasteiger partial charge >= 0.3 is 0 Å². The Kier molecular flexibility index (Phi) is 2.92. The first kappa shape index (κ1) is 9.38. The maximum atomic E-state index is 5.42. The molecule has 1 aromatic carbocycles. The molecular weight excluding hydrogens is 176 g/mol. The molecule has 1 aliphatic heterocycles. The highest BCUT2D eigenvalue weighted by molar-refractivity contribution is 5.48. The first-order valence-electron chi connectivity index (χ1n) is 5.08. The quantitative estimate of drug-likeness (QED) is 0.681. The van der Waals surface area contributed by atoms with E-state index in [1.165, 1.54) is 18.4 Å². The van der Waals surface area contributed by atoms with E-state index >= 15 is 0 Å². The molecule has 0 saturated heterocycles. The molecule has 0 aromatic heterocycles. The van der Waals surface area contributed by atoms with Gasteiger partial charge in [0.1, 0.15) is 0 Å². The average Bonchev–Trinajstić information content (AvgIpc) is 2.67. The Bertz CT molecular complexity index is 307. The van der Waals surface area contributed by atoms with Gasteiger partial charge in [-0.3, -0.25) is 0 Å². The second-order valence-corrected chi connectivity index (χ2v) is 3.46. The molecular formula is C12H15O2. The molecule has 0 bridgehead atoms. The normalized spacial score (nSPS) is 13.2. The molecule has 0 atom stereocenters. The smallest absolute Gasteiger partial charge is 0.231 e. The van der Waals surface area contributed by atoms with Gasteiger partial charge in [-0.1, -0.05) is 31.9 Å². The van der Waals surface area contributed by atoms with Gasteiger partial charge in [0, 0.05) is 0 Å². The molecule has 2 rings (SSSR count). The summed E-state index contributed by atoms with van der Waals surface area (Å²) < 4.78 is 10.7. The van der Waals surface area contributed by atoms with Gasteiger partial charge in [-0.25, -0.2) is 0 Å². The fourth-order valence-electron chi connectivity index (χ4n) is 1.68. The summed E-state index contributed by atoms with van der Waals surface area (Å²) >= 11 is 0. The zero-order chi connectivity index (χ0) is 9.80. The Hall–Kier alpha value is -1.18. The summed E-state index contributed by atoms with van der Waals surface area (Å²) in [6, 6.07) is 6.08. The average molecular weight is 191 g/mol. The second kappa shape index (κ2) is 4.36. The lowest BCUT2D eigenvalue weighted by Crippen LogP contribution is -1.94. The van der Waals surface area contributed by atoms with Gasteiger partial charge in [0.15, 0.2) is 11.5 Å². The fourth-order valence-corrected chi connectivity index (χ4v) is 1.68. The molecule has 1 radical (unpaired) electrons. The number of rotatable bonds is 4. The van der Waals surface area contributed by atoms with Crippen LogP contribution in [-0.4, -0.2) is 6.79 Å². The number of aryl methyl sites for hydroxylation is 1. The number of ether oxygens (including phenoxy) is 2. The zero-order valence-electron chi connectivity index (χ0n) is 8.29. The third-order valence-electron chi connectivity index (χ3n) is 2.42. The van der Waals surface area contributed by atoms with Crippen molar-refractivity contribution >= 4 is 0 Å². The molecule has 2 nitrogen and oxygen atoms in total. The summed E-state index contributed by atoms with van der Waals surface area (Å²) in [5, 5.41) is 0. The number of para-hydroxylation sites is 1. The van der Waals surface area contributed by atoms with Crippen molar-refractivity contribution in [1.29, 1.82) is 0 Å². The Morgan fingerprint density at radius 3 is 3.00 bits per heavy atom. The van der Waals surface area contributed by atoms with E-state index in [1.54, 1.807) is 0 Å². The lowest BCUT2D eigenvalue weighted by Gasteiger charge is -2.04. The van der Waals surface area contributed by atoms with Crippen LogP contribution in [0.3, 0.4) is 0 Å². The molecule has 1 heterocycles. The highest BCUT2D eigenvalue weighted by Gasteiger charge is 2.16. The van der Waals surface area contributed by atoms with Crippen LogP contribution in [0.5, 0.6) is 11.5 Å². The maximum Gasteiger partial charge on any atom is 0.231 e. The van der Waals surface area contributed by atoms with Crippen molar-refractivity contribution in [3.8, 4) is 11.5 Å². The van der Waals surface area contributed by atoms with Gasteiger partial charge in [-0.15, -0.1) is 0 Å². The number of hydrogen-bond donors (Lipinski definition) is 0. The zero-order valence-corrected chi connectivity index (χ0v) is 8.29. The van der Waals surface area contributed by atoms with Crippen LogP contribution in [0.2, 0.25) is 0 Å². The van der Waals surface area contributed by atoms with Crippen LogP contribution in [0, 0.1) is 6.92 Å². The van der Waals surface area contributed by atoms with Crippen molar-refractivity contribution in [1.82, 2.24) is 0 Å². The predicted octanol–water partition coefficient (Wildman–Crippen LogP) is 2.96. The molecule has 1 aliphatic rings. The van der Waals surface area contributed by atoms with Crippen LogP contribution in [0.25, 0.3) is 0 Å². The molecule has 1 aromatic rings. The first-order valence-corrected chi connectivity index (χ1v) is 5.08. The summed E-state index contributed by atoms with van der Waals surface area (Å²) in [6.07, 6.45) is 4.41. The monoisotopic (exact) mass is 191 g/mol. The molecule has 0 amide bonds. The van der Waals surface area contributed by atoms with E-state index in [9.17, 15) is 0 Å². The van der Waals surface area contributed by atoms with Crippen molar-refractivity contribution < 1.29 is 9.47 Å². The lowest BCUT2D eigenvalue weighted by molar-refractivity contribution is 0.173. The fraction of sp³-hybridized carbons (Fsp3) is 0.417. The van der Waals surface area contributed by atoms with Gasteiger partial charge in [0.2, 0.25) is 6.79 Å². The second-order valence-electron chi connectivity index (χ2n) is 3.46. The SMILES string of the molecule is [CH2]CCCCc1cccc2c1OCO2. The van der Waals surface area contributed by atoms with E-state index in [-0.39, 0.29) is 0 Å². The standard InChI is InChI=1S/C12H15O2/c1-2-3-4-6-10-7-5-8-11-12(10)14-9-13-11/h5,7-8H,1-4,6,9H2. The van der Waals surface area contributed by atoms with Gasteiger partial charge in [0.25, 0.3) is 0 Å². The third-order valence-corrected chi connectivity index (χ3v) is 2.42. The molecule has 75 valence electrons. The van der Waals surface area contributed by atoms with Crippen molar-refractivity contribution in [2.45, 2.75) is 25.7 Å². The Balaban J connectivity index is 2.06. The summed E-state index contributed by atoms with van der Waals surface area (Å²) in [4.78, 5) is 0. The molecule has 0 N–H and O–H groups in total. The number of benzene rings is 1. The summed E-state index contributed by atoms with van der Waals surface area (Å²) in [7, 11) is 0. The van der Waals surface area contributed by atoms with Gasteiger partial charge < -0.3 is 9.47 Å². The topological polar surface area (TPSA) is 18.5 Å². The van der Waals surface area contributed by atoms with Crippen molar-refractivity contribution in [2.24, 2.45) is 0 Å². The van der Waals surface area contributed by atoms with Gasteiger partial charge in [-0.05, 0) is 24.5 Å². The van der Waals surface area contributed by atoms with Crippen LogP contribution in [0.1, 0.15) is 24.8 Å². The summed E-state index contributed by atoms with van der Waals surface area (Å²) in [5.74, 6) is 1.83. The van der Waals surface area contributed by atoms with Crippen LogP contribution >= 0.6 is 0 Å². The first-order chi connectivity index (χ1) is 6.92.